The highest BCUT2D eigenvalue weighted by atomic mass is 19.4. The average Bonchev–Trinajstić information content (AvgIpc) is 2.64. The van der Waals surface area contributed by atoms with Gasteiger partial charge in [-0.2, -0.15) is 22.0 Å². The fourth-order valence-corrected chi connectivity index (χ4v) is 2.85. The summed E-state index contributed by atoms with van der Waals surface area (Å²) in [6.45, 7) is -1.74. The predicted octanol–water partition coefficient (Wildman–Crippen LogP) is 3.50. The van der Waals surface area contributed by atoms with E-state index >= 15 is 0 Å². The van der Waals surface area contributed by atoms with Gasteiger partial charge in [-0.25, -0.2) is 4.39 Å². The van der Waals surface area contributed by atoms with E-state index in [2.05, 4.69) is 5.32 Å². The van der Waals surface area contributed by atoms with Gasteiger partial charge in [-0.15, -0.1) is 0 Å². The van der Waals surface area contributed by atoms with Crippen LogP contribution in [-0.4, -0.2) is 55.8 Å². The van der Waals surface area contributed by atoms with E-state index in [1.165, 1.54) is 23.3 Å². The van der Waals surface area contributed by atoms with Gasteiger partial charge in [-0.3, -0.25) is 14.9 Å². The maximum absolute atomic E-state index is 13.4. The molecule has 0 spiro atoms. The van der Waals surface area contributed by atoms with Crippen LogP contribution >= 0.6 is 0 Å². The van der Waals surface area contributed by atoms with Crippen molar-refractivity contribution >= 4 is 23.0 Å². The van der Waals surface area contributed by atoms with Crippen molar-refractivity contribution in [2.75, 3.05) is 36.9 Å². The molecule has 7 nitrogen and oxygen atoms in total. The van der Waals surface area contributed by atoms with E-state index in [9.17, 15) is 41.3 Å². The summed E-state index contributed by atoms with van der Waals surface area (Å²) in [5.74, 6) is -6.51. The van der Waals surface area contributed by atoms with Gasteiger partial charge in [0.1, 0.15) is 11.9 Å². The molecule has 1 aromatic carbocycles. The molecule has 2 rings (SSSR count). The first-order valence-corrected chi connectivity index (χ1v) is 8.49. The number of alkyl halides is 6. The third kappa shape index (κ3) is 5.01. The zero-order chi connectivity index (χ0) is 22.0. The van der Waals surface area contributed by atoms with E-state index in [-0.39, 0.29) is 37.3 Å². The van der Waals surface area contributed by atoms with Gasteiger partial charge < -0.3 is 15.5 Å². The van der Waals surface area contributed by atoms with Gasteiger partial charge in [0, 0.05) is 26.2 Å². The summed E-state index contributed by atoms with van der Waals surface area (Å²) < 4.78 is 76.6. The molecule has 0 aromatic heterocycles. The van der Waals surface area contributed by atoms with Crippen LogP contribution in [0.25, 0.3) is 0 Å². The van der Waals surface area contributed by atoms with Gasteiger partial charge >= 0.3 is 12.1 Å². The topological polar surface area (TPSA) is 87.5 Å². The van der Waals surface area contributed by atoms with Crippen LogP contribution in [0.3, 0.4) is 0 Å². The molecule has 29 heavy (non-hydrogen) atoms. The van der Waals surface area contributed by atoms with Crippen molar-refractivity contribution in [3.8, 4) is 0 Å². The summed E-state index contributed by atoms with van der Waals surface area (Å²) in [4.78, 5) is 24.3. The molecule has 1 amide bonds. The van der Waals surface area contributed by atoms with E-state index in [1.54, 1.807) is 0 Å². The minimum absolute atomic E-state index is 0.00421. The number of nitro benzene ring substituents is 1. The van der Waals surface area contributed by atoms with Crippen molar-refractivity contribution in [2.45, 2.75) is 31.1 Å². The first-order valence-electron chi connectivity index (χ1n) is 8.49. The minimum Gasteiger partial charge on any atom is -0.383 e. The number of piperidine rings is 1. The lowest BCUT2D eigenvalue weighted by molar-refractivity contribution is -0.384. The van der Waals surface area contributed by atoms with Crippen molar-refractivity contribution in [1.82, 2.24) is 5.32 Å². The largest absolute Gasteiger partial charge is 0.455 e. The molecule has 0 aliphatic carbocycles. The summed E-state index contributed by atoms with van der Waals surface area (Å²) in [6, 6.07) is 2.01. The van der Waals surface area contributed by atoms with Crippen molar-refractivity contribution in [1.29, 1.82) is 0 Å². The van der Waals surface area contributed by atoms with Crippen LogP contribution in [0.2, 0.25) is 0 Å². The molecule has 1 saturated heterocycles. The standard InChI is InChI=1S/C16H18F6N4O3/c1-23-11-7-12(25-4-2-9(17)3-5-25)10(6-13(11)26(28)29)14(27)24-8-15(18,19)16(20,21)22/h6-7,9,23H,2-5,8H2,1H3,(H,24,27). The second-order valence-corrected chi connectivity index (χ2v) is 6.44. The van der Waals surface area contributed by atoms with E-state index in [0.717, 1.165) is 6.07 Å². The Labute approximate surface area is 161 Å². The molecular formula is C16H18F6N4O3. The number of rotatable bonds is 6. The number of hydrogen-bond donors (Lipinski definition) is 2. The van der Waals surface area contributed by atoms with Gasteiger partial charge in [-0.05, 0) is 18.9 Å². The van der Waals surface area contributed by atoms with E-state index in [0.29, 0.717) is 0 Å². The molecular weight excluding hydrogens is 410 g/mol. The van der Waals surface area contributed by atoms with Crippen LogP contribution in [0.5, 0.6) is 0 Å². The van der Waals surface area contributed by atoms with Gasteiger partial charge in [-0.1, -0.05) is 0 Å². The smallest absolute Gasteiger partial charge is 0.383 e. The first-order chi connectivity index (χ1) is 13.4. The molecule has 1 fully saturated rings. The van der Waals surface area contributed by atoms with Crippen LogP contribution in [0.1, 0.15) is 23.2 Å². The van der Waals surface area contributed by atoms with Gasteiger partial charge in [0.25, 0.3) is 11.6 Å². The molecule has 0 radical (unpaired) electrons. The second-order valence-electron chi connectivity index (χ2n) is 6.44. The van der Waals surface area contributed by atoms with Gasteiger partial charge in [0.15, 0.2) is 0 Å². The third-order valence-corrected chi connectivity index (χ3v) is 4.48. The van der Waals surface area contributed by atoms with Gasteiger partial charge in [0.2, 0.25) is 0 Å². The summed E-state index contributed by atoms with van der Waals surface area (Å²) in [5.41, 5.74) is -0.945. The Morgan fingerprint density at radius 1 is 1.24 bits per heavy atom. The number of nitrogens with zero attached hydrogens (tertiary/aromatic N) is 2. The summed E-state index contributed by atoms with van der Waals surface area (Å²) in [6.07, 6.45) is -6.72. The monoisotopic (exact) mass is 428 g/mol. The number of nitro groups is 1. The molecule has 2 N–H and O–H groups in total. The SMILES string of the molecule is CNc1cc(N2CCC(F)CC2)c(C(=O)NCC(F)(F)C(F)(F)F)cc1[N+](=O)[O-]. The number of carbonyl (C=O) groups is 1. The molecule has 162 valence electrons. The van der Waals surface area contributed by atoms with Gasteiger partial charge in [0.05, 0.1) is 22.7 Å². The maximum Gasteiger partial charge on any atom is 0.455 e. The molecule has 0 atom stereocenters. The van der Waals surface area contributed by atoms with Crippen molar-refractivity contribution in [2.24, 2.45) is 0 Å². The fourth-order valence-electron chi connectivity index (χ4n) is 2.85. The van der Waals surface area contributed by atoms with Crippen LogP contribution in [0, 0.1) is 10.1 Å². The lowest BCUT2D eigenvalue weighted by atomic mass is 10.0. The molecule has 1 aromatic rings. The summed E-state index contributed by atoms with van der Waals surface area (Å²) in [7, 11) is 1.38. The molecule has 0 unspecified atom stereocenters. The number of amides is 1. The molecule has 0 saturated carbocycles. The van der Waals surface area contributed by atoms with Crippen LogP contribution < -0.4 is 15.5 Å². The Morgan fingerprint density at radius 2 is 1.83 bits per heavy atom. The summed E-state index contributed by atoms with van der Waals surface area (Å²) >= 11 is 0. The zero-order valence-electron chi connectivity index (χ0n) is 15.2. The van der Waals surface area contributed by atoms with E-state index in [1.807, 2.05) is 0 Å². The normalized spacial score (nSPS) is 15.9. The molecule has 1 aliphatic heterocycles. The van der Waals surface area contributed by atoms with Crippen LogP contribution in [0.4, 0.5) is 43.4 Å². The average molecular weight is 428 g/mol. The van der Waals surface area contributed by atoms with Crippen LogP contribution in [-0.2, 0) is 0 Å². The predicted molar refractivity (Wildman–Crippen MR) is 92.3 cm³/mol. The Morgan fingerprint density at radius 3 is 2.31 bits per heavy atom. The van der Waals surface area contributed by atoms with E-state index in [4.69, 9.17) is 0 Å². The molecule has 13 heteroatoms. The Balaban J connectivity index is 2.40. The third-order valence-electron chi connectivity index (χ3n) is 4.48. The molecule has 1 heterocycles. The Kier molecular flexibility index (Phi) is 6.48. The lowest BCUT2D eigenvalue weighted by Gasteiger charge is -2.32. The highest BCUT2D eigenvalue weighted by Crippen LogP contribution is 2.36. The zero-order valence-corrected chi connectivity index (χ0v) is 15.2. The number of halogens is 6. The van der Waals surface area contributed by atoms with Crippen molar-refractivity contribution in [3.63, 3.8) is 0 Å². The quantitative estimate of drug-likeness (QED) is 0.412. The molecule has 0 bridgehead atoms. The fraction of sp³-hybridized carbons (Fsp3) is 0.562. The van der Waals surface area contributed by atoms with E-state index < -0.39 is 46.9 Å². The first kappa shape index (κ1) is 22.6. The van der Waals surface area contributed by atoms with Crippen molar-refractivity contribution in [3.05, 3.63) is 27.8 Å². The Bertz CT molecular complexity index is 779. The van der Waals surface area contributed by atoms with Crippen molar-refractivity contribution < 1.29 is 36.1 Å². The highest BCUT2D eigenvalue weighted by Gasteiger charge is 2.57. The summed E-state index contributed by atoms with van der Waals surface area (Å²) in [5, 5.41) is 15.3. The molecule has 1 aliphatic rings. The highest BCUT2D eigenvalue weighted by molar-refractivity contribution is 6.02. The number of hydrogen-bond acceptors (Lipinski definition) is 5. The number of anilines is 2. The second kappa shape index (κ2) is 8.33. The number of benzene rings is 1. The maximum atomic E-state index is 13.4. The minimum atomic E-state index is -5.87. The number of carbonyl (C=O) groups excluding carboxylic acids is 1. The number of nitrogens with one attached hydrogen (secondary N) is 2. The lowest BCUT2D eigenvalue weighted by Crippen LogP contribution is -2.47. The van der Waals surface area contributed by atoms with Crippen LogP contribution in [0.15, 0.2) is 12.1 Å². The Hall–Kier alpha value is -2.73.